The summed E-state index contributed by atoms with van der Waals surface area (Å²) in [5.41, 5.74) is 6.02. The standard InChI is InChI=1S/C29H17Br2Cl2N3O3/c30-18-7-11-25(39-29(38)21-9-8-20(32)14-23(21)33)17(12-18)15-34-36-28(37)27-26(16-4-2-1-3-5-16)22-13-19(31)6-10-24(22)35-27/h1-15,35H,(H,36,37). The molecule has 2 N–H and O–H groups in total. The summed E-state index contributed by atoms with van der Waals surface area (Å²) in [5, 5.41) is 5.61. The molecule has 0 aliphatic carbocycles. The van der Waals surface area contributed by atoms with Gasteiger partial charge in [0.25, 0.3) is 5.91 Å². The van der Waals surface area contributed by atoms with E-state index in [1.165, 1.54) is 18.3 Å². The quantitative estimate of drug-likeness (QED) is 0.0812. The lowest BCUT2D eigenvalue weighted by atomic mass is 10.0. The van der Waals surface area contributed by atoms with Crippen LogP contribution in [0, 0.1) is 0 Å². The largest absolute Gasteiger partial charge is 0.422 e. The van der Waals surface area contributed by atoms with Crippen molar-refractivity contribution in [3.8, 4) is 16.9 Å². The summed E-state index contributed by atoms with van der Waals surface area (Å²) in [4.78, 5) is 29.2. The van der Waals surface area contributed by atoms with Crippen molar-refractivity contribution in [2.75, 3.05) is 0 Å². The molecule has 6 nitrogen and oxygen atoms in total. The minimum atomic E-state index is -0.658. The number of carbonyl (C=O) groups excluding carboxylic acids is 2. The highest BCUT2D eigenvalue weighted by molar-refractivity contribution is 9.10. The third kappa shape index (κ3) is 6.09. The third-order valence-corrected chi connectivity index (χ3v) is 7.28. The number of ether oxygens (including phenoxy) is 1. The number of H-pyrrole nitrogens is 1. The maximum absolute atomic E-state index is 13.3. The van der Waals surface area contributed by atoms with Gasteiger partial charge < -0.3 is 9.72 Å². The van der Waals surface area contributed by atoms with E-state index < -0.39 is 11.9 Å². The molecule has 1 amide bonds. The molecule has 0 aliphatic heterocycles. The van der Waals surface area contributed by atoms with Gasteiger partial charge in [-0.2, -0.15) is 5.10 Å². The lowest BCUT2D eigenvalue weighted by Crippen LogP contribution is -2.19. The van der Waals surface area contributed by atoms with Gasteiger partial charge in [-0.05, 0) is 60.2 Å². The molecule has 0 saturated carbocycles. The Balaban J connectivity index is 1.41. The highest BCUT2D eigenvalue weighted by atomic mass is 79.9. The molecule has 5 rings (SSSR count). The molecular weight excluding hydrogens is 669 g/mol. The second-order valence-electron chi connectivity index (χ2n) is 8.33. The molecule has 0 fully saturated rings. The van der Waals surface area contributed by atoms with Crippen LogP contribution < -0.4 is 10.2 Å². The lowest BCUT2D eigenvalue weighted by Gasteiger charge is -2.09. The summed E-state index contributed by atoms with van der Waals surface area (Å²) in [6, 6.07) is 24.9. The molecule has 0 saturated heterocycles. The van der Waals surface area contributed by atoms with E-state index in [-0.39, 0.29) is 16.3 Å². The number of benzene rings is 4. The molecule has 0 unspecified atom stereocenters. The number of hydrogen-bond acceptors (Lipinski definition) is 4. The molecule has 4 aromatic carbocycles. The number of amides is 1. The number of aromatic amines is 1. The van der Waals surface area contributed by atoms with Crippen LogP contribution in [0.25, 0.3) is 22.0 Å². The van der Waals surface area contributed by atoms with E-state index in [0.29, 0.717) is 16.3 Å². The Labute approximate surface area is 250 Å². The first-order valence-corrected chi connectivity index (χ1v) is 13.8. The fraction of sp³-hybridized carbons (Fsp3) is 0. The lowest BCUT2D eigenvalue weighted by molar-refractivity contribution is 0.0734. The van der Waals surface area contributed by atoms with E-state index in [9.17, 15) is 9.59 Å². The van der Waals surface area contributed by atoms with Crippen LogP contribution >= 0.6 is 55.1 Å². The van der Waals surface area contributed by atoms with E-state index in [0.717, 1.165) is 31.0 Å². The molecule has 5 aromatic rings. The summed E-state index contributed by atoms with van der Waals surface area (Å²) in [7, 11) is 0. The fourth-order valence-electron chi connectivity index (χ4n) is 3.98. The number of nitrogens with zero attached hydrogens (tertiary/aromatic N) is 1. The van der Waals surface area contributed by atoms with Crippen molar-refractivity contribution >= 4 is 84.1 Å². The Kier molecular flexibility index (Phi) is 8.18. The zero-order valence-electron chi connectivity index (χ0n) is 19.8. The molecule has 1 heterocycles. The molecule has 39 heavy (non-hydrogen) atoms. The number of hydrogen-bond donors (Lipinski definition) is 2. The predicted octanol–water partition coefficient (Wildman–Crippen LogP) is 8.65. The Morgan fingerprint density at radius 1 is 0.897 bits per heavy atom. The van der Waals surface area contributed by atoms with E-state index in [1.54, 1.807) is 24.3 Å². The second-order valence-corrected chi connectivity index (χ2v) is 11.0. The zero-order valence-corrected chi connectivity index (χ0v) is 24.5. The number of esters is 1. The Morgan fingerprint density at radius 3 is 2.41 bits per heavy atom. The summed E-state index contributed by atoms with van der Waals surface area (Å²) < 4.78 is 7.20. The van der Waals surface area contributed by atoms with Crippen molar-refractivity contribution in [1.82, 2.24) is 10.4 Å². The van der Waals surface area contributed by atoms with Gasteiger partial charge in [-0.3, -0.25) is 4.79 Å². The van der Waals surface area contributed by atoms with Gasteiger partial charge in [0, 0.05) is 36.0 Å². The molecule has 10 heteroatoms. The van der Waals surface area contributed by atoms with Crippen molar-refractivity contribution in [2.45, 2.75) is 0 Å². The van der Waals surface area contributed by atoms with Crippen molar-refractivity contribution in [1.29, 1.82) is 0 Å². The van der Waals surface area contributed by atoms with Crippen LogP contribution in [0.4, 0.5) is 0 Å². The Bertz CT molecular complexity index is 1750. The molecule has 0 aliphatic rings. The van der Waals surface area contributed by atoms with Crippen molar-refractivity contribution in [3.63, 3.8) is 0 Å². The summed E-state index contributed by atoms with van der Waals surface area (Å²) >= 11 is 19.0. The molecular formula is C29H17Br2Cl2N3O3. The summed E-state index contributed by atoms with van der Waals surface area (Å²) in [5.74, 6) is -0.860. The first-order chi connectivity index (χ1) is 18.8. The summed E-state index contributed by atoms with van der Waals surface area (Å²) in [6.07, 6.45) is 1.40. The zero-order chi connectivity index (χ0) is 27.5. The first-order valence-electron chi connectivity index (χ1n) is 11.5. The molecule has 1 aromatic heterocycles. The van der Waals surface area contributed by atoms with Crippen LogP contribution in [0.2, 0.25) is 10.0 Å². The fourth-order valence-corrected chi connectivity index (χ4v) is 5.20. The van der Waals surface area contributed by atoms with Crippen LogP contribution in [-0.4, -0.2) is 23.1 Å². The number of aromatic nitrogens is 1. The number of rotatable bonds is 6. The van der Waals surface area contributed by atoms with Gasteiger partial charge in [0.2, 0.25) is 0 Å². The Hall–Kier alpha value is -3.43. The van der Waals surface area contributed by atoms with Crippen LogP contribution in [0.1, 0.15) is 26.4 Å². The number of carbonyl (C=O) groups is 2. The van der Waals surface area contributed by atoms with E-state index in [2.05, 4.69) is 47.4 Å². The number of nitrogens with one attached hydrogen (secondary N) is 2. The third-order valence-electron chi connectivity index (χ3n) is 5.75. The smallest absolute Gasteiger partial charge is 0.345 e. The van der Waals surface area contributed by atoms with Crippen LogP contribution in [0.3, 0.4) is 0 Å². The van der Waals surface area contributed by atoms with Gasteiger partial charge in [-0.15, -0.1) is 0 Å². The van der Waals surface area contributed by atoms with Gasteiger partial charge in [0.05, 0.1) is 16.8 Å². The van der Waals surface area contributed by atoms with Gasteiger partial charge >= 0.3 is 5.97 Å². The topological polar surface area (TPSA) is 83.5 Å². The maximum Gasteiger partial charge on any atom is 0.345 e. The average molecular weight is 686 g/mol. The minimum absolute atomic E-state index is 0.166. The molecule has 0 atom stereocenters. The number of hydrazone groups is 1. The highest BCUT2D eigenvalue weighted by Gasteiger charge is 2.20. The van der Waals surface area contributed by atoms with E-state index in [1.807, 2.05) is 48.5 Å². The average Bonchev–Trinajstić information content (AvgIpc) is 3.29. The minimum Gasteiger partial charge on any atom is -0.422 e. The van der Waals surface area contributed by atoms with Crippen LogP contribution in [-0.2, 0) is 0 Å². The molecule has 194 valence electrons. The van der Waals surface area contributed by atoms with Crippen molar-refractivity contribution in [3.05, 3.63) is 121 Å². The van der Waals surface area contributed by atoms with E-state index >= 15 is 0 Å². The molecule has 0 spiro atoms. The monoisotopic (exact) mass is 683 g/mol. The van der Waals surface area contributed by atoms with Crippen molar-refractivity contribution < 1.29 is 14.3 Å². The normalized spacial score (nSPS) is 11.2. The molecule has 0 bridgehead atoms. The van der Waals surface area contributed by atoms with Gasteiger partial charge in [0.15, 0.2) is 0 Å². The first kappa shape index (κ1) is 27.1. The number of fused-ring (bicyclic) bond motifs is 1. The van der Waals surface area contributed by atoms with Crippen LogP contribution in [0.5, 0.6) is 5.75 Å². The Morgan fingerprint density at radius 2 is 1.64 bits per heavy atom. The van der Waals surface area contributed by atoms with E-state index in [4.69, 9.17) is 27.9 Å². The second kappa shape index (κ2) is 11.8. The van der Waals surface area contributed by atoms with Gasteiger partial charge in [-0.25, -0.2) is 10.2 Å². The highest BCUT2D eigenvalue weighted by Crippen LogP contribution is 2.34. The maximum atomic E-state index is 13.3. The van der Waals surface area contributed by atoms with Gasteiger partial charge in [0.1, 0.15) is 11.4 Å². The predicted molar refractivity (Wildman–Crippen MR) is 162 cm³/mol. The SMILES string of the molecule is O=C(Oc1ccc(Br)cc1C=NNC(=O)c1[nH]c2ccc(Br)cc2c1-c1ccccc1)c1ccc(Cl)cc1Cl. The summed E-state index contributed by atoms with van der Waals surface area (Å²) in [6.45, 7) is 0. The van der Waals surface area contributed by atoms with Crippen molar-refractivity contribution in [2.24, 2.45) is 5.10 Å². The molecule has 0 radical (unpaired) electrons. The van der Waals surface area contributed by atoms with Gasteiger partial charge in [-0.1, -0.05) is 85.4 Å². The van der Waals surface area contributed by atoms with Crippen LogP contribution in [0.15, 0.2) is 99.0 Å². The number of halogens is 4.